The average Bonchev–Trinajstić information content (AvgIpc) is 1.63. The minimum atomic E-state index is 0.317. The topological polar surface area (TPSA) is 486 Å². The van der Waals surface area contributed by atoms with Crippen LogP contribution in [-0.4, -0.2) is 224 Å². The highest BCUT2D eigenvalue weighted by Gasteiger charge is 2.24. The molecule has 24 aromatic rings. The third kappa shape index (κ3) is 16.9. The van der Waals surface area contributed by atoms with Crippen molar-refractivity contribution in [2.24, 2.45) is 0 Å². The van der Waals surface area contributed by atoms with E-state index in [4.69, 9.17) is 19.9 Å². The van der Waals surface area contributed by atoms with Gasteiger partial charge in [-0.05, 0) is 122 Å². The first kappa shape index (κ1) is 83.8. The molecule has 0 aliphatic heterocycles. The molecule has 0 radical (unpaired) electrons. The third-order valence-corrected chi connectivity index (χ3v) is 22.5. The van der Waals surface area contributed by atoms with E-state index in [0.717, 1.165) is 221 Å². The average molecular weight is 1790 g/mol. The Balaban J connectivity index is 0.000000108. The molecular formula is C95H86N40. The summed E-state index contributed by atoms with van der Waals surface area (Å²) in [4.78, 5) is 108. The van der Waals surface area contributed by atoms with E-state index in [1.807, 2.05) is 178 Å². The molecule has 0 atom stereocenters. The zero-order valence-electron chi connectivity index (χ0n) is 74.9. The summed E-state index contributed by atoms with van der Waals surface area (Å²) in [6.07, 6.45) is 51.1. The van der Waals surface area contributed by atoms with Crippen LogP contribution in [-0.2, 0) is 13.1 Å². The third-order valence-electron chi connectivity index (χ3n) is 22.5. The quantitative estimate of drug-likeness (QED) is 0.0339. The van der Waals surface area contributed by atoms with Gasteiger partial charge in [-0.1, -0.05) is 6.92 Å². The first-order chi connectivity index (χ1) is 65.8. The van der Waals surface area contributed by atoms with Crippen LogP contribution < -0.4 is 15.5 Å². The minimum absolute atomic E-state index is 0.317. The predicted octanol–water partition coefficient (Wildman–Crippen LogP) is 14.9. The molecule has 0 fully saturated rings. The fourth-order valence-electron chi connectivity index (χ4n) is 16.0. The molecule has 40 nitrogen and oxygen atoms in total. The highest BCUT2D eigenvalue weighted by atomic mass is 15.2. The van der Waals surface area contributed by atoms with Gasteiger partial charge in [0.2, 0.25) is 0 Å². The van der Waals surface area contributed by atoms with Crippen LogP contribution >= 0.6 is 0 Å². The van der Waals surface area contributed by atoms with Crippen molar-refractivity contribution in [2.45, 2.75) is 67.6 Å². The summed E-state index contributed by atoms with van der Waals surface area (Å²) < 4.78 is 7.69. The van der Waals surface area contributed by atoms with Gasteiger partial charge in [0.1, 0.15) is 44.8 Å². The lowest BCUT2D eigenvalue weighted by molar-refractivity contribution is 0.402. The Morgan fingerprint density at radius 1 is 0.333 bits per heavy atom. The van der Waals surface area contributed by atoms with Crippen molar-refractivity contribution in [3.05, 3.63) is 256 Å². The van der Waals surface area contributed by atoms with Crippen LogP contribution in [0.1, 0.15) is 54.7 Å². The molecular weight excluding hydrogens is 1700 g/mol. The molecule has 40 heteroatoms. The molecule has 0 amide bonds. The van der Waals surface area contributed by atoms with Gasteiger partial charge in [-0.3, -0.25) is 60.3 Å². The summed E-state index contributed by atoms with van der Waals surface area (Å²) in [5.41, 5.74) is 31.2. The number of anilines is 2. The number of pyridine rings is 12. The SMILES string of the molecule is CCNCc1cncc(-c2cnc3n[nH]c(-c4nc5c(-n6cnc(C)c6)cncc5[nH]4)c3c2)c1.Cc1cn(-c2cncc3[nH]c(-c4[nH]nc5ncc(-c6cncc(CN(C)C)c6)cc45)nc23)cn1.Cc1cn(-c2cncc3[nH]c(-c4[nH]nc5ncc(-c6cncc(N(C)C)c6)cc45)nc23)cn1.Cc1cn(-c2cncc3[nH]c(-c4[nH]nc5ncc(-c6cncc(NC(C)C)c6)cc45)nc23)cn1. The fourth-order valence-corrected chi connectivity index (χ4v) is 16.0. The second-order valence-electron chi connectivity index (χ2n) is 33.3. The lowest BCUT2D eigenvalue weighted by Crippen LogP contribution is -2.11. The molecule has 0 aliphatic carbocycles. The largest absolute Gasteiger partial charge is 0.382 e. The number of hydrogen-bond donors (Lipinski definition) is 10. The molecule has 135 heavy (non-hydrogen) atoms. The van der Waals surface area contributed by atoms with Crippen LogP contribution in [0.15, 0.2) is 223 Å². The number of aryl methyl sites for hydroxylation is 4. The monoisotopic (exact) mass is 1790 g/mol. The first-order valence-electron chi connectivity index (χ1n) is 43.2. The van der Waals surface area contributed by atoms with E-state index in [1.165, 1.54) is 0 Å². The Morgan fingerprint density at radius 3 is 0.970 bits per heavy atom. The number of fused-ring (bicyclic) bond motifs is 8. The number of nitrogens with zero attached hydrogens (tertiary/aromatic N) is 30. The number of hydrogen-bond acceptors (Lipinski definition) is 28. The summed E-state index contributed by atoms with van der Waals surface area (Å²) >= 11 is 0. The van der Waals surface area contributed by atoms with Crippen molar-refractivity contribution < 1.29 is 0 Å². The van der Waals surface area contributed by atoms with E-state index in [0.29, 0.717) is 51.9 Å². The molecule has 10 N–H and O–H groups in total. The molecule has 24 aromatic heterocycles. The molecule has 0 unspecified atom stereocenters. The number of aromatic amines is 8. The molecule has 0 aliphatic rings. The van der Waals surface area contributed by atoms with E-state index >= 15 is 0 Å². The lowest BCUT2D eigenvalue weighted by Gasteiger charge is -2.12. The summed E-state index contributed by atoms with van der Waals surface area (Å²) in [6, 6.07) is 17.0. The number of imidazole rings is 8. The van der Waals surface area contributed by atoms with E-state index in [9.17, 15) is 0 Å². The van der Waals surface area contributed by atoms with Gasteiger partial charge < -0.3 is 58.6 Å². The van der Waals surface area contributed by atoms with Crippen molar-refractivity contribution in [2.75, 3.05) is 45.0 Å². The van der Waals surface area contributed by atoms with Crippen molar-refractivity contribution in [1.29, 1.82) is 0 Å². The van der Waals surface area contributed by atoms with E-state index in [-0.39, 0.29) is 0 Å². The van der Waals surface area contributed by atoms with Crippen LogP contribution in [0.25, 0.3) is 202 Å². The Hall–Kier alpha value is -18.1. The predicted molar refractivity (Wildman–Crippen MR) is 515 cm³/mol. The summed E-state index contributed by atoms with van der Waals surface area (Å²) in [5, 5.41) is 40.2. The first-order valence-corrected chi connectivity index (χ1v) is 43.2. The van der Waals surface area contributed by atoms with Gasteiger partial charge in [-0.15, -0.1) is 0 Å². The molecule has 24 heterocycles. The highest BCUT2D eigenvalue weighted by molar-refractivity contribution is 5.99. The maximum Gasteiger partial charge on any atom is 0.181 e. The van der Waals surface area contributed by atoms with Crippen LogP contribution in [0, 0.1) is 27.7 Å². The normalized spacial score (nSPS) is 11.6. The Bertz CT molecular complexity index is 8230. The smallest absolute Gasteiger partial charge is 0.181 e. The number of nitrogens with one attached hydrogen (secondary N) is 10. The van der Waals surface area contributed by atoms with Gasteiger partial charge >= 0.3 is 0 Å². The van der Waals surface area contributed by atoms with Crippen LogP contribution in [0.5, 0.6) is 0 Å². The number of H-pyrrole nitrogens is 8. The summed E-state index contributed by atoms with van der Waals surface area (Å²) in [7, 11) is 8.07. The van der Waals surface area contributed by atoms with E-state index in [2.05, 4.69) is 225 Å². The van der Waals surface area contributed by atoms with Gasteiger partial charge in [-0.2, -0.15) is 20.4 Å². The fraction of sp³-hybridized carbons (Fsp3) is 0.158. The Labute approximate surface area is 766 Å². The van der Waals surface area contributed by atoms with Crippen LogP contribution in [0.2, 0.25) is 0 Å². The second-order valence-corrected chi connectivity index (χ2v) is 33.3. The molecule has 24 rings (SSSR count). The highest BCUT2D eigenvalue weighted by Crippen LogP contribution is 2.38. The Kier molecular flexibility index (Phi) is 22.0. The van der Waals surface area contributed by atoms with Crippen molar-refractivity contribution in [3.63, 3.8) is 0 Å². The van der Waals surface area contributed by atoms with Gasteiger partial charge in [0, 0.05) is 171 Å². The van der Waals surface area contributed by atoms with Crippen molar-refractivity contribution in [1.82, 2.24) is 189 Å². The zero-order chi connectivity index (χ0) is 92.1. The maximum atomic E-state index is 4.88. The van der Waals surface area contributed by atoms with Crippen LogP contribution in [0.4, 0.5) is 11.4 Å². The maximum absolute atomic E-state index is 4.88. The standard InChI is InChI=1S/3C24H22N10.C23H20N10/c1-14-11-34(13-28-14)20-10-26-9-19-22(20)30-24(29-19)21-18-5-17(8-27-23(18)32-31-21)16-4-15(6-25-7-16)12-33(2)3;1-13(2)29-17-4-15(6-25-8-17)16-5-18-21(32-33-23(18)27-7-16)24-30-19-9-26-10-20(22(19)31-24)34-11-14(3)28-12-34;1-3-25-6-15-4-16(8-26-7-15)17-5-18-21(32-33-23(18)28-9-17)24-30-19-10-27-11-20(22(19)31-24)34-12-14(2)29-13-34;1-13-11-33(12-27-13)19-10-25-9-18-21(19)29-23(28-18)20-17-5-15(7-26-22(17)31-30-20)14-4-16(32(2)3)8-24-6-14/h4-11,13H,12H2,1-3H3,(H,29,30)(H,27,31,32);4-13,29H,1-3H3,(H,30,31)(H,27,32,33);4-5,7-13,25H,3,6H2,1-2H3,(H,30,31)(H,28,32,33);4-12H,1-3H3,(H,28,29)(H,26,30,31). The molecule has 0 aromatic carbocycles. The Morgan fingerprint density at radius 2 is 0.644 bits per heavy atom. The van der Waals surface area contributed by atoms with Gasteiger partial charge in [0.15, 0.2) is 45.9 Å². The lowest BCUT2D eigenvalue weighted by atomic mass is 10.1. The van der Waals surface area contributed by atoms with Crippen molar-refractivity contribution in [3.8, 4) is 113 Å². The number of rotatable bonds is 20. The second kappa shape index (κ2) is 35.4. The van der Waals surface area contributed by atoms with Gasteiger partial charge in [-0.25, -0.2) is 59.8 Å². The molecule has 666 valence electrons. The van der Waals surface area contributed by atoms with Crippen LogP contribution in [0.3, 0.4) is 0 Å². The van der Waals surface area contributed by atoms with E-state index in [1.54, 1.807) is 74.9 Å². The van der Waals surface area contributed by atoms with Gasteiger partial charge in [0.25, 0.3) is 0 Å². The van der Waals surface area contributed by atoms with E-state index < -0.39 is 0 Å². The molecule has 0 bridgehead atoms. The number of aromatic nitrogens is 36. The van der Waals surface area contributed by atoms with Gasteiger partial charge in [0.05, 0.1) is 182 Å². The zero-order valence-corrected chi connectivity index (χ0v) is 74.9. The summed E-state index contributed by atoms with van der Waals surface area (Å²) in [6.45, 7) is 16.6. The van der Waals surface area contributed by atoms with Crippen molar-refractivity contribution >= 4 is 99.6 Å². The summed E-state index contributed by atoms with van der Waals surface area (Å²) in [5.74, 6) is 2.66. The molecule has 0 spiro atoms. The minimum Gasteiger partial charge on any atom is -0.382 e. The molecule has 0 saturated heterocycles. The molecule has 0 saturated carbocycles.